The average Bonchev–Trinajstić information content (AvgIpc) is 2.03. The zero-order valence-corrected chi connectivity index (χ0v) is 9.05. The van der Waals surface area contributed by atoms with Crippen LogP contribution in [0.5, 0.6) is 0 Å². The highest BCUT2D eigenvalue weighted by Gasteiger charge is 2.14. The molecular formula is C11H21NO. The van der Waals surface area contributed by atoms with Crippen molar-refractivity contribution in [3.63, 3.8) is 0 Å². The summed E-state index contributed by atoms with van der Waals surface area (Å²) in [4.78, 5) is 5.27. The molecule has 0 N–H and O–H groups in total. The Hall–Kier alpha value is -0.530. The first-order valence-electron chi connectivity index (χ1n) is 5.36. The van der Waals surface area contributed by atoms with Gasteiger partial charge in [-0.15, -0.1) is 0 Å². The third-order valence-corrected chi connectivity index (χ3v) is 2.35. The molecule has 1 atom stereocenters. The Morgan fingerprint density at radius 3 is 2.92 bits per heavy atom. The molecule has 13 heavy (non-hydrogen) atoms. The first kappa shape index (κ1) is 10.6. The third kappa shape index (κ3) is 4.30. The van der Waals surface area contributed by atoms with E-state index in [0.717, 1.165) is 25.4 Å². The molecule has 1 saturated carbocycles. The summed E-state index contributed by atoms with van der Waals surface area (Å²) in [5, 5.41) is 4.19. The summed E-state index contributed by atoms with van der Waals surface area (Å²) in [6, 6.07) is 0. The molecule has 0 spiro atoms. The molecule has 2 nitrogen and oxygen atoms in total. The Kier molecular flexibility index (Phi) is 4.26. The second-order valence-electron chi connectivity index (χ2n) is 4.55. The van der Waals surface area contributed by atoms with Crippen molar-refractivity contribution in [2.24, 2.45) is 17.0 Å². The van der Waals surface area contributed by atoms with E-state index >= 15 is 0 Å². The Balaban J connectivity index is 2.25. The summed E-state index contributed by atoms with van der Waals surface area (Å²) >= 11 is 0. The van der Waals surface area contributed by atoms with Crippen LogP contribution in [0.4, 0.5) is 0 Å². The highest BCUT2D eigenvalue weighted by atomic mass is 16.6. The van der Waals surface area contributed by atoms with Crippen LogP contribution >= 0.6 is 0 Å². The first-order chi connectivity index (χ1) is 6.18. The summed E-state index contributed by atoms with van der Waals surface area (Å²) < 4.78 is 0. The first-order valence-corrected chi connectivity index (χ1v) is 5.36. The van der Waals surface area contributed by atoms with Crippen LogP contribution in [0.2, 0.25) is 0 Å². The Bertz CT molecular complexity index is 175. The summed E-state index contributed by atoms with van der Waals surface area (Å²) in [6.07, 6.45) is 4.91. The largest absolute Gasteiger partial charge is 0.396 e. The quantitative estimate of drug-likeness (QED) is 0.616. The molecule has 1 aliphatic rings. The zero-order valence-electron chi connectivity index (χ0n) is 9.05. The predicted molar refractivity (Wildman–Crippen MR) is 55.9 cm³/mol. The van der Waals surface area contributed by atoms with Crippen LogP contribution in [0.1, 0.15) is 46.5 Å². The van der Waals surface area contributed by atoms with Gasteiger partial charge in [-0.05, 0) is 37.5 Å². The fourth-order valence-electron chi connectivity index (χ4n) is 1.62. The maximum Gasteiger partial charge on any atom is 0.119 e. The molecule has 0 aliphatic heterocycles. The van der Waals surface area contributed by atoms with Crippen molar-refractivity contribution in [1.29, 1.82) is 0 Å². The van der Waals surface area contributed by atoms with Gasteiger partial charge < -0.3 is 4.84 Å². The summed E-state index contributed by atoms with van der Waals surface area (Å²) in [7, 11) is 0. The van der Waals surface area contributed by atoms with E-state index in [-0.39, 0.29) is 0 Å². The molecule has 1 aliphatic carbocycles. The number of hydrogen-bond donors (Lipinski definition) is 0. The van der Waals surface area contributed by atoms with Gasteiger partial charge in [0, 0.05) is 0 Å². The van der Waals surface area contributed by atoms with Crippen LogP contribution in [-0.4, -0.2) is 12.3 Å². The molecule has 76 valence electrons. The maximum atomic E-state index is 5.27. The van der Waals surface area contributed by atoms with Crippen LogP contribution in [-0.2, 0) is 4.84 Å². The Morgan fingerprint density at radius 1 is 1.54 bits per heavy atom. The lowest BCUT2D eigenvalue weighted by Gasteiger charge is -2.18. The summed E-state index contributed by atoms with van der Waals surface area (Å²) in [5.74, 6) is 1.38. The number of rotatable bonds is 3. The van der Waals surface area contributed by atoms with E-state index in [1.54, 1.807) is 0 Å². The lowest BCUT2D eigenvalue weighted by atomic mass is 9.89. The molecule has 2 heteroatoms. The van der Waals surface area contributed by atoms with E-state index < -0.39 is 0 Å². The van der Waals surface area contributed by atoms with E-state index in [9.17, 15) is 0 Å². The molecule has 0 aromatic heterocycles. The third-order valence-electron chi connectivity index (χ3n) is 2.35. The van der Waals surface area contributed by atoms with Gasteiger partial charge in [0.05, 0.1) is 5.71 Å². The lowest BCUT2D eigenvalue weighted by Crippen LogP contribution is -2.13. The van der Waals surface area contributed by atoms with Gasteiger partial charge in [-0.25, -0.2) is 0 Å². The maximum absolute atomic E-state index is 5.27. The highest BCUT2D eigenvalue weighted by molar-refractivity contribution is 5.84. The van der Waals surface area contributed by atoms with Gasteiger partial charge in [0.25, 0.3) is 0 Å². The van der Waals surface area contributed by atoms with Crippen LogP contribution < -0.4 is 0 Å². The number of hydrogen-bond acceptors (Lipinski definition) is 2. The molecule has 1 unspecified atom stereocenters. The predicted octanol–water partition coefficient (Wildman–Crippen LogP) is 3.23. The van der Waals surface area contributed by atoms with Gasteiger partial charge in [-0.1, -0.05) is 25.9 Å². The SMILES string of the molecule is CC(C)CO/N=C1\CCCC(C)C1. The second kappa shape index (κ2) is 5.25. The topological polar surface area (TPSA) is 21.6 Å². The minimum atomic E-state index is 0.574. The van der Waals surface area contributed by atoms with Gasteiger partial charge in [0.1, 0.15) is 6.61 Å². The molecule has 0 amide bonds. The molecular weight excluding hydrogens is 162 g/mol. The van der Waals surface area contributed by atoms with Crippen LogP contribution in [0.15, 0.2) is 5.16 Å². The Labute approximate surface area is 81.3 Å². The number of nitrogens with zero attached hydrogens (tertiary/aromatic N) is 1. The van der Waals surface area contributed by atoms with Crippen molar-refractivity contribution < 1.29 is 4.84 Å². The molecule has 0 aromatic carbocycles. The van der Waals surface area contributed by atoms with Crippen molar-refractivity contribution in [2.45, 2.75) is 46.5 Å². The molecule has 0 saturated heterocycles. The van der Waals surface area contributed by atoms with Crippen molar-refractivity contribution in [2.75, 3.05) is 6.61 Å². The van der Waals surface area contributed by atoms with Gasteiger partial charge in [-0.3, -0.25) is 0 Å². The summed E-state index contributed by atoms with van der Waals surface area (Å²) in [6.45, 7) is 7.32. The van der Waals surface area contributed by atoms with E-state index in [1.165, 1.54) is 18.6 Å². The van der Waals surface area contributed by atoms with E-state index in [0.29, 0.717) is 5.92 Å². The smallest absolute Gasteiger partial charge is 0.119 e. The fraction of sp³-hybridized carbons (Fsp3) is 0.909. The van der Waals surface area contributed by atoms with E-state index in [4.69, 9.17) is 4.84 Å². The monoisotopic (exact) mass is 183 g/mol. The minimum absolute atomic E-state index is 0.574. The normalized spacial score (nSPS) is 26.8. The van der Waals surface area contributed by atoms with Gasteiger partial charge in [-0.2, -0.15) is 0 Å². The fourth-order valence-corrected chi connectivity index (χ4v) is 1.62. The van der Waals surface area contributed by atoms with E-state index in [2.05, 4.69) is 25.9 Å². The minimum Gasteiger partial charge on any atom is -0.396 e. The molecule has 1 fully saturated rings. The van der Waals surface area contributed by atoms with E-state index in [1.807, 2.05) is 0 Å². The van der Waals surface area contributed by atoms with Crippen molar-refractivity contribution in [3.05, 3.63) is 0 Å². The Morgan fingerprint density at radius 2 is 2.31 bits per heavy atom. The molecule has 0 radical (unpaired) electrons. The zero-order chi connectivity index (χ0) is 9.68. The molecule has 0 bridgehead atoms. The molecule has 0 heterocycles. The van der Waals surface area contributed by atoms with Crippen LogP contribution in [0.3, 0.4) is 0 Å². The van der Waals surface area contributed by atoms with Crippen molar-refractivity contribution in [3.8, 4) is 0 Å². The van der Waals surface area contributed by atoms with Crippen LogP contribution in [0, 0.1) is 11.8 Å². The summed E-state index contributed by atoms with van der Waals surface area (Å²) in [5.41, 5.74) is 1.26. The van der Waals surface area contributed by atoms with Crippen LogP contribution in [0.25, 0.3) is 0 Å². The number of oxime groups is 1. The van der Waals surface area contributed by atoms with Gasteiger partial charge >= 0.3 is 0 Å². The van der Waals surface area contributed by atoms with Gasteiger partial charge in [0.2, 0.25) is 0 Å². The molecule has 0 aromatic rings. The van der Waals surface area contributed by atoms with Gasteiger partial charge in [0.15, 0.2) is 0 Å². The highest BCUT2D eigenvalue weighted by Crippen LogP contribution is 2.21. The lowest BCUT2D eigenvalue weighted by molar-refractivity contribution is 0.116. The average molecular weight is 183 g/mol. The second-order valence-corrected chi connectivity index (χ2v) is 4.55. The molecule has 1 rings (SSSR count). The standard InChI is InChI=1S/C11H21NO/c1-9(2)8-13-12-11-6-4-5-10(3)7-11/h9-10H,4-8H2,1-3H3/b12-11+. The van der Waals surface area contributed by atoms with Crippen molar-refractivity contribution >= 4 is 5.71 Å². The van der Waals surface area contributed by atoms with Crippen molar-refractivity contribution in [1.82, 2.24) is 0 Å².